The zero-order chi connectivity index (χ0) is 12.4. The summed E-state index contributed by atoms with van der Waals surface area (Å²) in [5, 5.41) is 19.5. The lowest BCUT2D eigenvalue weighted by molar-refractivity contribution is 0.427. The van der Waals surface area contributed by atoms with E-state index in [1.54, 1.807) is 12.1 Å². The molecule has 5 heteroatoms. The van der Waals surface area contributed by atoms with E-state index < -0.39 is 5.82 Å². The fraction of sp³-hybridized carbons (Fsp3) is 0.250. The van der Waals surface area contributed by atoms with Gasteiger partial charge in [0.15, 0.2) is 11.6 Å². The Kier molecular flexibility index (Phi) is 2.99. The maximum absolute atomic E-state index is 13.1. The van der Waals surface area contributed by atoms with Gasteiger partial charge in [0, 0.05) is 12.1 Å². The van der Waals surface area contributed by atoms with Crippen LogP contribution in [0.3, 0.4) is 0 Å². The number of hydrogen-bond acceptors (Lipinski definition) is 3. The number of phenolic OH excluding ortho intramolecular Hbond substituents is 1. The summed E-state index contributed by atoms with van der Waals surface area (Å²) in [4.78, 5) is 0. The maximum atomic E-state index is 13.1. The molecule has 4 nitrogen and oxygen atoms in total. The van der Waals surface area contributed by atoms with Crippen LogP contribution in [0.15, 0.2) is 18.2 Å². The molecule has 2 rings (SSSR count). The lowest BCUT2D eigenvalue weighted by atomic mass is 10.2. The van der Waals surface area contributed by atoms with Gasteiger partial charge in [0.2, 0.25) is 0 Å². The number of H-pyrrole nitrogens is 1. The molecule has 0 bridgehead atoms. The van der Waals surface area contributed by atoms with E-state index in [0.717, 1.165) is 17.1 Å². The molecule has 0 saturated heterocycles. The molecule has 2 aromatic rings. The van der Waals surface area contributed by atoms with Crippen molar-refractivity contribution in [1.82, 2.24) is 10.2 Å². The van der Waals surface area contributed by atoms with Crippen molar-refractivity contribution in [2.45, 2.75) is 20.4 Å². The molecular formula is C12H14FN3O. The van der Waals surface area contributed by atoms with Gasteiger partial charge in [0.1, 0.15) is 0 Å². The number of halogens is 1. The molecule has 1 aromatic heterocycles. The van der Waals surface area contributed by atoms with Crippen molar-refractivity contribution in [2.75, 3.05) is 5.32 Å². The highest BCUT2D eigenvalue weighted by Gasteiger charge is 2.09. The Hall–Kier alpha value is -2.04. The van der Waals surface area contributed by atoms with E-state index in [1.165, 1.54) is 6.07 Å². The van der Waals surface area contributed by atoms with E-state index in [-0.39, 0.29) is 5.75 Å². The number of para-hydroxylation sites is 1. The lowest BCUT2D eigenvalue weighted by Gasteiger charge is -2.08. The quantitative estimate of drug-likeness (QED) is 0.766. The van der Waals surface area contributed by atoms with Gasteiger partial charge in [-0.25, -0.2) is 4.39 Å². The van der Waals surface area contributed by atoms with Crippen LogP contribution in [-0.4, -0.2) is 15.3 Å². The van der Waals surface area contributed by atoms with Crippen LogP contribution in [0.1, 0.15) is 17.0 Å². The van der Waals surface area contributed by atoms with Crippen LogP contribution in [0.25, 0.3) is 0 Å². The SMILES string of the molecule is Cc1n[nH]c(C)c1NCc1cccc(F)c1O. The van der Waals surface area contributed by atoms with Gasteiger partial charge >= 0.3 is 0 Å². The minimum absolute atomic E-state index is 0.307. The first-order valence-electron chi connectivity index (χ1n) is 5.31. The molecule has 0 amide bonds. The summed E-state index contributed by atoms with van der Waals surface area (Å²) < 4.78 is 13.1. The first-order valence-corrected chi connectivity index (χ1v) is 5.31. The number of rotatable bonds is 3. The predicted octanol–water partition coefficient (Wildman–Crippen LogP) is 2.48. The molecule has 0 aliphatic carbocycles. The number of aromatic hydroxyl groups is 1. The number of phenols is 1. The van der Waals surface area contributed by atoms with E-state index in [0.29, 0.717) is 12.1 Å². The summed E-state index contributed by atoms with van der Waals surface area (Å²) in [7, 11) is 0. The molecule has 1 aromatic carbocycles. The van der Waals surface area contributed by atoms with Crippen molar-refractivity contribution in [3.63, 3.8) is 0 Å². The van der Waals surface area contributed by atoms with Gasteiger partial charge in [-0.15, -0.1) is 0 Å². The number of aromatic amines is 1. The maximum Gasteiger partial charge on any atom is 0.165 e. The highest BCUT2D eigenvalue weighted by molar-refractivity contribution is 5.52. The van der Waals surface area contributed by atoms with E-state index in [9.17, 15) is 9.50 Å². The van der Waals surface area contributed by atoms with Gasteiger partial charge in [-0.1, -0.05) is 12.1 Å². The van der Waals surface area contributed by atoms with Gasteiger partial charge in [-0.2, -0.15) is 5.10 Å². The third kappa shape index (κ3) is 2.22. The number of benzene rings is 1. The van der Waals surface area contributed by atoms with E-state index in [4.69, 9.17) is 0 Å². The van der Waals surface area contributed by atoms with E-state index >= 15 is 0 Å². The fourth-order valence-corrected chi connectivity index (χ4v) is 1.70. The van der Waals surface area contributed by atoms with Crippen LogP contribution in [0.5, 0.6) is 5.75 Å². The smallest absolute Gasteiger partial charge is 0.165 e. The first-order chi connectivity index (χ1) is 8.09. The second kappa shape index (κ2) is 4.45. The molecule has 0 saturated carbocycles. The summed E-state index contributed by atoms with van der Waals surface area (Å²) in [5.74, 6) is -0.913. The Morgan fingerprint density at radius 3 is 2.82 bits per heavy atom. The molecule has 0 aliphatic rings. The monoisotopic (exact) mass is 235 g/mol. The second-order valence-corrected chi connectivity index (χ2v) is 3.91. The number of aryl methyl sites for hydroxylation is 2. The van der Waals surface area contributed by atoms with Crippen molar-refractivity contribution in [3.05, 3.63) is 41.0 Å². The summed E-state index contributed by atoms with van der Waals surface area (Å²) in [6, 6.07) is 4.48. The number of anilines is 1. The van der Waals surface area contributed by atoms with Crippen molar-refractivity contribution >= 4 is 5.69 Å². The van der Waals surface area contributed by atoms with Gasteiger partial charge in [0.05, 0.1) is 17.1 Å². The molecule has 1 heterocycles. The average Bonchev–Trinajstić information content (AvgIpc) is 2.62. The van der Waals surface area contributed by atoms with E-state index in [1.807, 2.05) is 13.8 Å². The number of nitrogens with zero attached hydrogens (tertiary/aromatic N) is 1. The Labute approximate surface area is 98.5 Å². The third-order valence-corrected chi connectivity index (χ3v) is 2.65. The molecule has 0 radical (unpaired) electrons. The highest BCUT2D eigenvalue weighted by Crippen LogP contribution is 2.23. The number of hydrogen-bond donors (Lipinski definition) is 3. The van der Waals surface area contributed by atoms with Gasteiger partial charge in [-0.3, -0.25) is 5.10 Å². The summed E-state index contributed by atoms with van der Waals surface area (Å²) in [6.45, 7) is 4.12. The van der Waals surface area contributed by atoms with E-state index in [2.05, 4.69) is 15.5 Å². The van der Waals surface area contributed by atoms with Crippen molar-refractivity contribution < 1.29 is 9.50 Å². The second-order valence-electron chi connectivity index (χ2n) is 3.91. The number of aromatic nitrogens is 2. The van der Waals surface area contributed by atoms with Crippen LogP contribution in [0.2, 0.25) is 0 Å². The van der Waals surface area contributed by atoms with Gasteiger partial charge in [0.25, 0.3) is 0 Å². The van der Waals surface area contributed by atoms with Crippen molar-refractivity contribution in [3.8, 4) is 5.75 Å². The Balaban J connectivity index is 2.15. The molecule has 0 spiro atoms. The number of nitrogens with one attached hydrogen (secondary N) is 2. The molecule has 17 heavy (non-hydrogen) atoms. The molecule has 90 valence electrons. The van der Waals surface area contributed by atoms with Crippen LogP contribution in [-0.2, 0) is 6.54 Å². The van der Waals surface area contributed by atoms with Crippen LogP contribution in [0, 0.1) is 19.7 Å². The topological polar surface area (TPSA) is 60.9 Å². The summed E-state index contributed by atoms with van der Waals surface area (Å²) in [5.41, 5.74) is 3.16. The standard InChI is InChI=1S/C12H14FN3O/c1-7-11(8(2)16-15-7)14-6-9-4-3-5-10(13)12(9)17/h3-5,14,17H,6H2,1-2H3,(H,15,16). The Morgan fingerprint density at radius 2 is 2.18 bits per heavy atom. The third-order valence-electron chi connectivity index (χ3n) is 2.65. The summed E-state index contributed by atoms with van der Waals surface area (Å²) in [6.07, 6.45) is 0. The molecule has 0 fully saturated rings. The van der Waals surface area contributed by atoms with Crippen LogP contribution in [0.4, 0.5) is 10.1 Å². The normalized spacial score (nSPS) is 10.5. The highest BCUT2D eigenvalue weighted by atomic mass is 19.1. The van der Waals surface area contributed by atoms with Gasteiger partial charge < -0.3 is 10.4 Å². The Bertz CT molecular complexity index is 517. The first kappa shape index (κ1) is 11.4. The average molecular weight is 235 g/mol. The molecule has 0 atom stereocenters. The zero-order valence-electron chi connectivity index (χ0n) is 9.71. The lowest BCUT2D eigenvalue weighted by Crippen LogP contribution is -2.02. The van der Waals surface area contributed by atoms with Crippen LogP contribution < -0.4 is 5.32 Å². The molecule has 0 unspecified atom stereocenters. The van der Waals surface area contributed by atoms with Crippen LogP contribution >= 0.6 is 0 Å². The van der Waals surface area contributed by atoms with Gasteiger partial charge in [-0.05, 0) is 19.9 Å². The fourth-order valence-electron chi connectivity index (χ4n) is 1.70. The Morgan fingerprint density at radius 1 is 1.41 bits per heavy atom. The minimum Gasteiger partial charge on any atom is -0.505 e. The predicted molar refractivity (Wildman–Crippen MR) is 63.5 cm³/mol. The van der Waals surface area contributed by atoms with Crippen molar-refractivity contribution in [2.24, 2.45) is 0 Å². The zero-order valence-corrected chi connectivity index (χ0v) is 9.71. The molecule has 3 N–H and O–H groups in total. The molecule has 0 aliphatic heterocycles. The molecular weight excluding hydrogens is 221 g/mol. The van der Waals surface area contributed by atoms with Crippen molar-refractivity contribution in [1.29, 1.82) is 0 Å². The summed E-state index contributed by atoms with van der Waals surface area (Å²) >= 11 is 0. The largest absolute Gasteiger partial charge is 0.505 e. The minimum atomic E-state index is -0.607.